The van der Waals surface area contributed by atoms with Gasteiger partial charge >= 0.3 is 5.76 Å². The van der Waals surface area contributed by atoms with Gasteiger partial charge in [-0.05, 0) is 42.5 Å². The number of nitrogens with one attached hydrogen (secondary N) is 1. The zero-order valence-corrected chi connectivity index (χ0v) is 15.0. The molecule has 0 aliphatic rings. The molecule has 0 spiro atoms. The summed E-state index contributed by atoms with van der Waals surface area (Å²) >= 11 is 6.10. The minimum atomic E-state index is -0.469. The van der Waals surface area contributed by atoms with Crippen LogP contribution in [0.2, 0.25) is 5.02 Å². The van der Waals surface area contributed by atoms with Gasteiger partial charge in [0, 0.05) is 30.4 Å². The minimum Gasteiger partial charge on any atom is -0.408 e. The molecule has 0 saturated carbocycles. The van der Waals surface area contributed by atoms with Gasteiger partial charge in [-0.25, -0.2) is 4.79 Å². The normalized spacial score (nSPS) is 11.0. The summed E-state index contributed by atoms with van der Waals surface area (Å²) in [7, 11) is 0. The third-order valence-corrected chi connectivity index (χ3v) is 4.49. The first-order valence-corrected chi connectivity index (χ1v) is 8.81. The van der Waals surface area contributed by atoms with Crippen molar-refractivity contribution in [3.8, 4) is 5.69 Å². The van der Waals surface area contributed by atoms with Crippen molar-refractivity contribution in [2.45, 2.75) is 13.0 Å². The van der Waals surface area contributed by atoms with E-state index < -0.39 is 5.76 Å². The average Bonchev–Trinajstić information content (AvgIpc) is 3.29. The molecule has 6 nitrogen and oxygen atoms in total. The highest BCUT2D eigenvalue weighted by atomic mass is 35.5. The number of aryl methyl sites for hydroxylation is 1. The molecule has 4 rings (SSSR count). The Morgan fingerprint density at radius 2 is 1.85 bits per heavy atom. The number of hydrogen-bond acceptors (Lipinski definition) is 3. The van der Waals surface area contributed by atoms with Crippen LogP contribution in [0.3, 0.4) is 0 Å². The Morgan fingerprint density at radius 3 is 2.67 bits per heavy atom. The summed E-state index contributed by atoms with van der Waals surface area (Å²) in [5.41, 5.74) is 2.60. The molecule has 0 radical (unpaired) electrons. The molecule has 0 fully saturated rings. The lowest BCUT2D eigenvalue weighted by atomic mass is 10.2. The fourth-order valence-corrected chi connectivity index (χ4v) is 3.14. The van der Waals surface area contributed by atoms with Gasteiger partial charge in [-0.2, -0.15) is 0 Å². The van der Waals surface area contributed by atoms with E-state index in [4.69, 9.17) is 16.0 Å². The number of anilines is 1. The summed E-state index contributed by atoms with van der Waals surface area (Å²) in [6, 6.07) is 16.2. The first kappa shape index (κ1) is 17.2. The summed E-state index contributed by atoms with van der Waals surface area (Å²) in [4.78, 5) is 24.5. The van der Waals surface area contributed by atoms with Crippen LogP contribution in [0.4, 0.5) is 5.69 Å². The van der Waals surface area contributed by atoms with Gasteiger partial charge in [0.15, 0.2) is 5.58 Å². The summed E-state index contributed by atoms with van der Waals surface area (Å²) in [5, 5.41) is 3.47. The molecular weight excluding hydrogens is 366 g/mol. The Balaban J connectivity index is 1.52. The van der Waals surface area contributed by atoms with E-state index in [-0.39, 0.29) is 18.9 Å². The summed E-state index contributed by atoms with van der Waals surface area (Å²) in [5.74, 6) is -0.675. The van der Waals surface area contributed by atoms with E-state index in [0.29, 0.717) is 21.8 Å². The molecule has 7 heteroatoms. The van der Waals surface area contributed by atoms with Crippen molar-refractivity contribution in [2.75, 3.05) is 5.32 Å². The van der Waals surface area contributed by atoms with Gasteiger partial charge in [-0.15, -0.1) is 0 Å². The van der Waals surface area contributed by atoms with E-state index in [1.54, 1.807) is 36.4 Å². The molecule has 4 aromatic rings. The van der Waals surface area contributed by atoms with Gasteiger partial charge < -0.3 is 14.3 Å². The maximum absolute atomic E-state index is 12.5. The van der Waals surface area contributed by atoms with Crippen LogP contribution < -0.4 is 11.1 Å². The smallest absolute Gasteiger partial charge is 0.408 e. The number of nitrogens with zero attached hydrogens (tertiary/aromatic N) is 2. The molecule has 0 saturated heterocycles. The number of hydrogen-bond donors (Lipinski definition) is 1. The number of amides is 1. The quantitative estimate of drug-likeness (QED) is 0.566. The highest BCUT2D eigenvalue weighted by Crippen LogP contribution is 2.25. The highest BCUT2D eigenvalue weighted by molar-refractivity contribution is 6.30. The van der Waals surface area contributed by atoms with Gasteiger partial charge in [-0.1, -0.05) is 23.7 Å². The maximum Gasteiger partial charge on any atom is 0.419 e. The zero-order valence-electron chi connectivity index (χ0n) is 14.3. The van der Waals surface area contributed by atoms with Crippen LogP contribution in [-0.4, -0.2) is 15.0 Å². The van der Waals surface area contributed by atoms with Gasteiger partial charge in [-0.3, -0.25) is 9.36 Å². The van der Waals surface area contributed by atoms with E-state index in [1.807, 2.05) is 35.2 Å². The Bertz CT molecular complexity index is 1160. The monoisotopic (exact) mass is 381 g/mol. The van der Waals surface area contributed by atoms with Crippen molar-refractivity contribution in [1.82, 2.24) is 9.13 Å². The van der Waals surface area contributed by atoms with Crippen molar-refractivity contribution >= 4 is 34.3 Å². The molecule has 0 unspecified atom stereocenters. The molecule has 0 atom stereocenters. The van der Waals surface area contributed by atoms with E-state index in [2.05, 4.69) is 5.32 Å². The third-order valence-electron chi connectivity index (χ3n) is 4.25. The first-order chi connectivity index (χ1) is 13.1. The topological polar surface area (TPSA) is 69.2 Å². The van der Waals surface area contributed by atoms with Crippen molar-refractivity contribution in [3.63, 3.8) is 0 Å². The number of carbonyl (C=O) groups excluding carboxylic acids is 1. The fraction of sp³-hybridized carbons (Fsp3) is 0.100. The van der Waals surface area contributed by atoms with E-state index in [0.717, 1.165) is 5.69 Å². The molecule has 0 aliphatic heterocycles. The van der Waals surface area contributed by atoms with Crippen LogP contribution in [0.15, 0.2) is 76.2 Å². The Hall–Kier alpha value is -3.25. The lowest BCUT2D eigenvalue weighted by Crippen LogP contribution is -2.20. The molecule has 0 aliphatic carbocycles. The molecule has 2 heterocycles. The predicted octanol–water partition coefficient (Wildman–Crippen LogP) is 4.07. The van der Waals surface area contributed by atoms with Crippen molar-refractivity contribution in [3.05, 3.63) is 82.6 Å². The number of para-hydroxylation sites is 2. The second kappa shape index (κ2) is 7.17. The Morgan fingerprint density at radius 1 is 1.07 bits per heavy atom. The molecule has 2 aromatic heterocycles. The standard InChI is InChI=1S/C20H16ClN3O3/c21-14-7-8-15(17(13-14)23-10-3-4-11-23)22-19(25)9-12-24-16-5-1-2-6-18(16)27-20(24)26/h1-8,10-11,13H,9,12H2,(H,22,25). The minimum absolute atomic E-state index is 0.136. The molecule has 136 valence electrons. The van der Waals surface area contributed by atoms with Crippen molar-refractivity contribution in [2.24, 2.45) is 0 Å². The first-order valence-electron chi connectivity index (χ1n) is 8.43. The predicted molar refractivity (Wildman–Crippen MR) is 104 cm³/mol. The maximum atomic E-state index is 12.5. The van der Waals surface area contributed by atoms with Gasteiger partial charge in [0.25, 0.3) is 0 Å². The number of oxazole rings is 1. The summed E-state index contributed by atoms with van der Waals surface area (Å²) in [6.07, 6.45) is 3.88. The van der Waals surface area contributed by atoms with Gasteiger partial charge in [0.2, 0.25) is 5.91 Å². The zero-order chi connectivity index (χ0) is 18.8. The highest BCUT2D eigenvalue weighted by Gasteiger charge is 2.12. The van der Waals surface area contributed by atoms with Crippen LogP contribution >= 0.6 is 11.6 Å². The van der Waals surface area contributed by atoms with Crippen LogP contribution in [0.1, 0.15) is 6.42 Å². The number of aromatic nitrogens is 2. The molecule has 1 amide bonds. The summed E-state index contributed by atoms with van der Waals surface area (Å²) < 4.78 is 8.52. The fourth-order valence-electron chi connectivity index (χ4n) is 2.97. The lowest BCUT2D eigenvalue weighted by molar-refractivity contribution is -0.116. The SMILES string of the molecule is O=C(CCn1c(=O)oc2ccccc21)Nc1ccc(Cl)cc1-n1cccc1. The molecule has 1 N–H and O–H groups in total. The number of halogens is 1. The second-order valence-corrected chi connectivity index (χ2v) is 6.47. The number of benzene rings is 2. The second-order valence-electron chi connectivity index (χ2n) is 6.04. The van der Waals surface area contributed by atoms with Crippen molar-refractivity contribution in [1.29, 1.82) is 0 Å². The molecular formula is C20H16ClN3O3. The Labute approximate surface area is 159 Å². The van der Waals surface area contributed by atoms with Crippen LogP contribution in [0.25, 0.3) is 16.8 Å². The van der Waals surface area contributed by atoms with Crippen LogP contribution in [0.5, 0.6) is 0 Å². The number of carbonyl (C=O) groups is 1. The molecule has 2 aromatic carbocycles. The number of fused-ring (bicyclic) bond motifs is 1. The lowest BCUT2D eigenvalue weighted by Gasteiger charge is -2.13. The van der Waals surface area contributed by atoms with E-state index in [1.165, 1.54) is 4.57 Å². The Kier molecular flexibility index (Phi) is 4.56. The van der Waals surface area contributed by atoms with Gasteiger partial charge in [0.05, 0.1) is 16.9 Å². The largest absolute Gasteiger partial charge is 0.419 e. The van der Waals surface area contributed by atoms with Crippen LogP contribution in [-0.2, 0) is 11.3 Å². The molecule has 0 bridgehead atoms. The van der Waals surface area contributed by atoms with E-state index in [9.17, 15) is 9.59 Å². The average molecular weight is 382 g/mol. The molecule has 27 heavy (non-hydrogen) atoms. The van der Waals surface area contributed by atoms with E-state index >= 15 is 0 Å². The summed E-state index contributed by atoms with van der Waals surface area (Å²) in [6.45, 7) is 0.230. The number of rotatable bonds is 5. The van der Waals surface area contributed by atoms with Crippen molar-refractivity contribution < 1.29 is 9.21 Å². The third kappa shape index (κ3) is 3.52. The van der Waals surface area contributed by atoms with Gasteiger partial charge in [0.1, 0.15) is 0 Å². The van der Waals surface area contributed by atoms with Crippen LogP contribution in [0, 0.1) is 0 Å².